The second-order valence-corrected chi connectivity index (χ2v) is 10.1. The van der Waals surface area contributed by atoms with E-state index in [9.17, 15) is 10.2 Å². The average Bonchev–Trinajstić information content (AvgIpc) is 2.69. The summed E-state index contributed by atoms with van der Waals surface area (Å²) in [5.41, 5.74) is -0.0297. The molecule has 2 rings (SSSR count). The lowest BCUT2D eigenvalue weighted by Gasteiger charge is -2.46. The first-order valence-corrected chi connectivity index (χ1v) is 13.0. The van der Waals surface area contributed by atoms with E-state index in [4.69, 9.17) is 0 Å². The molecular formula is C26H50O2. The summed E-state index contributed by atoms with van der Waals surface area (Å²) in [5, 5.41) is 21.2. The highest BCUT2D eigenvalue weighted by Crippen LogP contribution is 2.47. The molecule has 0 bridgehead atoms. The van der Waals surface area contributed by atoms with Gasteiger partial charge in [0, 0.05) is 18.6 Å². The van der Waals surface area contributed by atoms with E-state index < -0.39 is 0 Å². The summed E-state index contributed by atoms with van der Waals surface area (Å²) >= 11 is 0. The van der Waals surface area contributed by atoms with Gasteiger partial charge in [-0.3, -0.25) is 0 Å². The second kappa shape index (κ2) is 14.8. The van der Waals surface area contributed by atoms with Crippen molar-refractivity contribution in [3.63, 3.8) is 0 Å². The number of hydrogen-bond acceptors (Lipinski definition) is 2. The lowest BCUT2D eigenvalue weighted by Crippen LogP contribution is -2.43. The van der Waals surface area contributed by atoms with Crippen LogP contribution in [0.4, 0.5) is 0 Å². The zero-order chi connectivity index (χ0) is 19.9. The van der Waals surface area contributed by atoms with E-state index in [2.05, 4.69) is 0 Å². The minimum atomic E-state index is -0.0297. The largest absolute Gasteiger partial charge is 0.396 e. The molecule has 0 aromatic heterocycles. The van der Waals surface area contributed by atoms with Crippen LogP contribution >= 0.6 is 0 Å². The molecule has 0 heterocycles. The predicted octanol–water partition coefficient (Wildman–Crippen LogP) is 7.41. The van der Waals surface area contributed by atoms with Gasteiger partial charge in [-0.1, -0.05) is 109 Å². The summed E-state index contributed by atoms with van der Waals surface area (Å²) in [5.74, 6) is 0.909. The standard InChI is InChI=1S/C26H50O2/c27-22-25-20-16-12-8-4-5-9-13-17-21-26(25,23-28)24-18-14-10-6-2-1-3-7-11-15-19-24/h24-25,27-28H,1-23H2. The molecule has 28 heavy (non-hydrogen) atoms. The third-order valence-electron chi connectivity index (χ3n) is 8.19. The van der Waals surface area contributed by atoms with Crippen molar-refractivity contribution < 1.29 is 10.2 Å². The zero-order valence-corrected chi connectivity index (χ0v) is 18.8. The van der Waals surface area contributed by atoms with Crippen LogP contribution in [0.1, 0.15) is 135 Å². The van der Waals surface area contributed by atoms with Gasteiger partial charge in [0.1, 0.15) is 0 Å². The molecule has 0 aliphatic heterocycles. The first-order chi connectivity index (χ1) is 13.8. The van der Waals surface area contributed by atoms with E-state index in [1.165, 1.54) is 122 Å². The lowest BCUT2D eigenvalue weighted by molar-refractivity contribution is -0.0435. The monoisotopic (exact) mass is 394 g/mol. The van der Waals surface area contributed by atoms with E-state index in [0.29, 0.717) is 18.4 Å². The fourth-order valence-corrected chi connectivity index (χ4v) is 6.28. The first-order valence-electron chi connectivity index (χ1n) is 13.0. The third kappa shape index (κ3) is 7.98. The smallest absolute Gasteiger partial charge is 0.0493 e. The van der Waals surface area contributed by atoms with Crippen molar-refractivity contribution >= 4 is 0 Å². The molecule has 2 aliphatic rings. The molecular weight excluding hydrogens is 344 g/mol. The molecule has 2 saturated carbocycles. The van der Waals surface area contributed by atoms with Gasteiger partial charge < -0.3 is 10.2 Å². The average molecular weight is 395 g/mol. The minimum absolute atomic E-state index is 0.0297. The van der Waals surface area contributed by atoms with Crippen LogP contribution in [-0.4, -0.2) is 23.4 Å². The molecule has 0 spiro atoms. The quantitative estimate of drug-likeness (QED) is 0.523. The van der Waals surface area contributed by atoms with Crippen LogP contribution in [0.25, 0.3) is 0 Å². The molecule has 2 heteroatoms. The van der Waals surface area contributed by atoms with Gasteiger partial charge in [0.15, 0.2) is 0 Å². The van der Waals surface area contributed by atoms with Gasteiger partial charge in [-0.05, 0) is 37.5 Å². The van der Waals surface area contributed by atoms with Crippen LogP contribution in [0.15, 0.2) is 0 Å². The SMILES string of the molecule is OCC1CCCCCCCCCCC1(CO)C1CCCCCCCCCCC1. The Hall–Kier alpha value is -0.0800. The second-order valence-electron chi connectivity index (χ2n) is 10.1. The normalized spacial score (nSPS) is 31.7. The molecule has 2 N–H and O–H groups in total. The number of hydrogen-bond donors (Lipinski definition) is 2. The van der Waals surface area contributed by atoms with Crippen LogP contribution in [0, 0.1) is 17.3 Å². The number of rotatable bonds is 3. The fourth-order valence-electron chi connectivity index (χ4n) is 6.28. The van der Waals surface area contributed by atoms with Gasteiger partial charge in [-0.15, -0.1) is 0 Å². The van der Waals surface area contributed by atoms with Gasteiger partial charge in [0.25, 0.3) is 0 Å². The highest BCUT2D eigenvalue weighted by Gasteiger charge is 2.43. The van der Waals surface area contributed by atoms with Crippen molar-refractivity contribution in [2.75, 3.05) is 13.2 Å². The molecule has 2 atom stereocenters. The van der Waals surface area contributed by atoms with E-state index in [-0.39, 0.29) is 12.0 Å². The van der Waals surface area contributed by atoms with Crippen LogP contribution in [0.3, 0.4) is 0 Å². The van der Waals surface area contributed by atoms with Crippen molar-refractivity contribution in [3.05, 3.63) is 0 Å². The van der Waals surface area contributed by atoms with Crippen LogP contribution in [-0.2, 0) is 0 Å². The Labute approximate surface area is 175 Å². The first kappa shape index (κ1) is 24.2. The lowest BCUT2D eigenvalue weighted by atomic mass is 9.60. The van der Waals surface area contributed by atoms with Crippen molar-refractivity contribution in [2.24, 2.45) is 17.3 Å². The van der Waals surface area contributed by atoms with Gasteiger partial charge in [0.05, 0.1) is 0 Å². The molecule has 2 unspecified atom stereocenters. The summed E-state index contributed by atoms with van der Waals surface area (Å²) in [6, 6.07) is 0. The van der Waals surface area contributed by atoms with Crippen molar-refractivity contribution in [1.29, 1.82) is 0 Å². The molecule has 0 aromatic rings. The highest BCUT2D eigenvalue weighted by molar-refractivity contribution is 4.92. The maximum Gasteiger partial charge on any atom is 0.0493 e. The molecule has 2 aliphatic carbocycles. The van der Waals surface area contributed by atoms with Crippen LogP contribution in [0.2, 0.25) is 0 Å². The Balaban J connectivity index is 2.14. The van der Waals surface area contributed by atoms with Gasteiger partial charge in [0.2, 0.25) is 0 Å². The number of aliphatic hydroxyl groups excluding tert-OH is 2. The Morgan fingerprint density at radius 3 is 1.32 bits per heavy atom. The Morgan fingerprint density at radius 2 is 0.893 bits per heavy atom. The predicted molar refractivity (Wildman–Crippen MR) is 121 cm³/mol. The molecule has 166 valence electrons. The van der Waals surface area contributed by atoms with Crippen molar-refractivity contribution in [1.82, 2.24) is 0 Å². The van der Waals surface area contributed by atoms with Crippen LogP contribution < -0.4 is 0 Å². The maximum atomic E-state index is 10.8. The third-order valence-corrected chi connectivity index (χ3v) is 8.19. The summed E-state index contributed by atoms with van der Waals surface area (Å²) in [6.45, 7) is 0.569. The van der Waals surface area contributed by atoms with Crippen LogP contribution in [0.5, 0.6) is 0 Å². The summed E-state index contributed by atoms with van der Waals surface area (Å²) < 4.78 is 0. The summed E-state index contributed by atoms with van der Waals surface area (Å²) in [7, 11) is 0. The molecule has 0 radical (unpaired) electrons. The van der Waals surface area contributed by atoms with E-state index in [0.717, 1.165) is 12.8 Å². The molecule has 2 fully saturated rings. The van der Waals surface area contributed by atoms with Gasteiger partial charge in [-0.25, -0.2) is 0 Å². The Bertz CT molecular complexity index is 357. The molecule has 2 nitrogen and oxygen atoms in total. The molecule has 0 saturated heterocycles. The van der Waals surface area contributed by atoms with Crippen molar-refractivity contribution in [2.45, 2.75) is 135 Å². The van der Waals surface area contributed by atoms with Gasteiger partial charge in [-0.2, -0.15) is 0 Å². The summed E-state index contributed by atoms with van der Waals surface area (Å²) in [4.78, 5) is 0. The van der Waals surface area contributed by atoms with E-state index >= 15 is 0 Å². The van der Waals surface area contributed by atoms with E-state index in [1.807, 2.05) is 0 Å². The molecule has 0 aromatic carbocycles. The van der Waals surface area contributed by atoms with Crippen molar-refractivity contribution in [3.8, 4) is 0 Å². The highest BCUT2D eigenvalue weighted by atomic mass is 16.3. The summed E-state index contributed by atoms with van der Waals surface area (Å²) in [6.07, 6.45) is 27.8. The fraction of sp³-hybridized carbons (Fsp3) is 1.00. The maximum absolute atomic E-state index is 10.8. The van der Waals surface area contributed by atoms with Gasteiger partial charge >= 0.3 is 0 Å². The Morgan fingerprint density at radius 1 is 0.500 bits per heavy atom. The Kier molecular flexibility index (Phi) is 12.8. The zero-order valence-electron chi connectivity index (χ0n) is 18.8. The minimum Gasteiger partial charge on any atom is -0.396 e. The molecule has 0 amide bonds. The van der Waals surface area contributed by atoms with E-state index in [1.54, 1.807) is 0 Å². The number of aliphatic hydroxyl groups is 2. The topological polar surface area (TPSA) is 40.5 Å².